The Morgan fingerprint density at radius 2 is 2.29 bits per heavy atom. The molecule has 1 aromatic rings. The summed E-state index contributed by atoms with van der Waals surface area (Å²) in [5.41, 5.74) is 9.60. The highest BCUT2D eigenvalue weighted by molar-refractivity contribution is 5.56. The van der Waals surface area contributed by atoms with Crippen LogP contribution in [0.1, 0.15) is 32.3 Å². The van der Waals surface area contributed by atoms with Gasteiger partial charge in [-0.1, -0.05) is 27.0 Å². The lowest BCUT2D eigenvalue weighted by molar-refractivity contribution is 0.233. The zero-order valence-corrected chi connectivity index (χ0v) is 13.2. The predicted molar refractivity (Wildman–Crippen MR) is 89.9 cm³/mol. The zero-order valence-electron chi connectivity index (χ0n) is 13.2. The molecule has 4 nitrogen and oxygen atoms in total. The maximum atomic E-state index is 5.84. The molecule has 0 aliphatic carbocycles. The van der Waals surface area contributed by atoms with Gasteiger partial charge in [-0.2, -0.15) is 0 Å². The van der Waals surface area contributed by atoms with Gasteiger partial charge in [-0.15, -0.1) is 0 Å². The number of nitrogen functional groups attached to an aromatic ring is 1. The molecule has 21 heavy (non-hydrogen) atoms. The fourth-order valence-corrected chi connectivity index (χ4v) is 2.74. The summed E-state index contributed by atoms with van der Waals surface area (Å²) in [6, 6.07) is 2.03. The van der Waals surface area contributed by atoms with Crippen LogP contribution in [0.15, 0.2) is 36.8 Å². The van der Waals surface area contributed by atoms with E-state index >= 15 is 0 Å². The number of likely N-dealkylation sites (tertiary alicyclic amines) is 1. The largest absolute Gasteiger partial charge is 0.383 e. The van der Waals surface area contributed by atoms with Gasteiger partial charge in [0.05, 0.1) is 23.3 Å². The normalized spacial score (nSPS) is 18.4. The third kappa shape index (κ3) is 3.78. The second kappa shape index (κ2) is 6.66. The maximum Gasteiger partial charge on any atom is 0.126 e. The standard InChI is InChI=1S/C17H26N4/c1-5-15-9-16(10-19-17(15)18)20-13(3)14(4)21-8-6-7-12(2)11-21/h9-10,12,20H,3-8,11H2,1-2H3,(H2,18,19). The van der Waals surface area contributed by atoms with Crippen molar-refractivity contribution in [3.63, 3.8) is 0 Å². The predicted octanol–water partition coefficient (Wildman–Crippen LogP) is 3.40. The second-order valence-electron chi connectivity index (χ2n) is 5.87. The molecule has 0 amide bonds. The van der Waals surface area contributed by atoms with Crippen LogP contribution in [0.25, 0.3) is 0 Å². The Morgan fingerprint density at radius 1 is 1.52 bits per heavy atom. The van der Waals surface area contributed by atoms with Gasteiger partial charge >= 0.3 is 0 Å². The third-order valence-corrected chi connectivity index (χ3v) is 4.06. The van der Waals surface area contributed by atoms with Crippen molar-refractivity contribution in [2.75, 3.05) is 24.1 Å². The minimum Gasteiger partial charge on any atom is -0.383 e. The molecule has 0 saturated carbocycles. The number of nitrogens with zero attached hydrogens (tertiary/aromatic N) is 2. The van der Waals surface area contributed by atoms with Gasteiger partial charge < -0.3 is 16.0 Å². The lowest BCUT2D eigenvalue weighted by Crippen LogP contribution is -2.34. The Hall–Kier alpha value is -1.97. The highest BCUT2D eigenvalue weighted by Crippen LogP contribution is 2.24. The number of nitrogens with two attached hydrogens (primary N) is 1. The van der Waals surface area contributed by atoms with Crippen LogP contribution >= 0.6 is 0 Å². The van der Waals surface area contributed by atoms with Crippen LogP contribution in [-0.4, -0.2) is 23.0 Å². The van der Waals surface area contributed by atoms with E-state index in [0.717, 1.165) is 42.2 Å². The van der Waals surface area contributed by atoms with Crippen molar-refractivity contribution < 1.29 is 0 Å². The van der Waals surface area contributed by atoms with Crippen molar-refractivity contribution >= 4 is 11.5 Å². The molecule has 1 aromatic heterocycles. The molecule has 0 spiro atoms. The van der Waals surface area contributed by atoms with Crippen molar-refractivity contribution in [2.24, 2.45) is 5.92 Å². The number of piperidine rings is 1. The van der Waals surface area contributed by atoms with Gasteiger partial charge in [-0.3, -0.25) is 0 Å². The number of rotatable bonds is 5. The highest BCUT2D eigenvalue weighted by atomic mass is 15.2. The first-order chi connectivity index (χ1) is 10.0. The molecular formula is C17H26N4. The molecule has 1 aliphatic rings. The van der Waals surface area contributed by atoms with E-state index in [1.807, 2.05) is 6.07 Å². The van der Waals surface area contributed by atoms with E-state index in [1.54, 1.807) is 6.20 Å². The van der Waals surface area contributed by atoms with Gasteiger partial charge in [-0.25, -0.2) is 4.98 Å². The van der Waals surface area contributed by atoms with Gasteiger partial charge in [-0.05, 0) is 36.8 Å². The average Bonchev–Trinajstić information content (AvgIpc) is 2.48. The summed E-state index contributed by atoms with van der Waals surface area (Å²) in [6.45, 7) is 14.8. The molecule has 0 aromatic carbocycles. The summed E-state index contributed by atoms with van der Waals surface area (Å²) < 4.78 is 0. The summed E-state index contributed by atoms with van der Waals surface area (Å²) in [6.07, 6.45) is 5.12. The van der Waals surface area contributed by atoms with Crippen LogP contribution < -0.4 is 11.1 Å². The van der Waals surface area contributed by atoms with Crippen LogP contribution in [0.5, 0.6) is 0 Å². The molecular weight excluding hydrogens is 260 g/mol. The van der Waals surface area contributed by atoms with Crippen molar-refractivity contribution in [3.05, 3.63) is 42.4 Å². The first-order valence-electron chi connectivity index (χ1n) is 7.65. The number of hydrogen-bond acceptors (Lipinski definition) is 4. The van der Waals surface area contributed by atoms with Crippen LogP contribution in [0, 0.1) is 5.92 Å². The number of aryl methyl sites for hydroxylation is 1. The lowest BCUT2D eigenvalue weighted by Gasteiger charge is -2.34. The van der Waals surface area contributed by atoms with Gasteiger partial charge in [0.2, 0.25) is 0 Å². The molecule has 1 fully saturated rings. The Morgan fingerprint density at radius 3 is 2.95 bits per heavy atom. The first kappa shape index (κ1) is 15.4. The van der Waals surface area contributed by atoms with Gasteiger partial charge in [0.15, 0.2) is 0 Å². The maximum absolute atomic E-state index is 5.84. The Balaban J connectivity index is 2.02. The van der Waals surface area contributed by atoms with Crippen molar-refractivity contribution in [1.82, 2.24) is 9.88 Å². The SMILES string of the molecule is C=C(Nc1cnc(N)c(CC)c1)C(=C)N1CCCC(C)C1. The Bertz CT molecular complexity index is 536. The number of pyridine rings is 1. The Kier molecular flexibility index (Phi) is 4.89. The van der Waals surface area contributed by atoms with E-state index in [0.29, 0.717) is 11.7 Å². The summed E-state index contributed by atoms with van der Waals surface area (Å²) >= 11 is 0. The highest BCUT2D eigenvalue weighted by Gasteiger charge is 2.18. The summed E-state index contributed by atoms with van der Waals surface area (Å²) in [5, 5.41) is 3.30. The van der Waals surface area contributed by atoms with Crippen molar-refractivity contribution in [3.8, 4) is 0 Å². The van der Waals surface area contributed by atoms with Crippen molar-refractivity contribution in [1.29, 1.82) is 0 Å². The smallest absolute Gasteiger partial charge is 0.126 e. The van der Waals surface area contributed by atoms with E-state index in [1.165, 1.54) is 12.8 Å². The minimum atomic E-state index is 0.595. The Labute approximate surface area is 127 Å². The quantitative estimate of drug-likeness (QED) is 0.815. The van der Waals surface area contributed by atoms with Gasteiger partial charge in [0.25, 0.3) is 0 Å². The summed E-state index contributed by atoms with van der Waals surface area (Å²) in [7, 11) is 0. The van der Waals surface area contributed by atoms with Crippen LogP contribution in [0.3, 0.4) is 0 Å². The minimum absolute atomic E-state index is 0.595. The fraction of sp³-hybridized carbons (Fsp3) is 0.471. The van der Waals surface area contributed by atoms with Crippen LogP contribution in [0.2, 0.25) is 0 Å². The zero-order chi connectivity index (χ0) is 15.4. The number of hydrogen-bond donors (Lipinski definition) is 2. The number of anilines is 2. The van der Waals surface area contributed by atoms with E-state index < -0.39 is 0 Å². The van der Waals surface area contributed by atoms with E-state index in [4.69, 9.17) is 5.73 Å². The van der Waals surface area contributed by atoms with E-state index in [-0.39, 0.29) is 0 Å². The molecule has 2 rings (SSSR count). The molecule has 0 bridgehead atoms. The summed E-state index contributed by atoms with van der Waals surface area (Å²) in [4.78, 5) is 6.53. The molecule has 1 atom stereocenters. The lowest BCUT2D eigenvalue weighted by atomic mass is 9.99. The van der Waals surface area contributed by atoms with Crippen LogP contribution in [0.4, 0.5) is 11.5 Å². The summed E-state index contributed by atoms with van der Waals surface area (Å²) in [5.74, 6) is 1.31. The molecule has 0 radical (unpaired) electrons. The van der Waals surface area contributed by atoms with E-state index in [2.05, 4.69) is 42.2 Å². The fourth-order valence-electron chi connectivity index (χ4n) is 2.74. The molecule has 1 unspecified atom stereocenters. The molecule has 1 saturated heterocycles. The second-order valence-corrected chi connectivity index (χ2v) is 5.87. The van der Waals surface area contributed by atoms with Crippen LogP contribution in [-0.2, 0) is 6.42 Å². The third-order valence-electron chi connectivity index (χ3n) is 4.06. The number of aromatic nitrogens is 1. The molecule has 1 aliphatic heterocycles. The van der Waals surface area contributed by atoms with Gasteiger partial charge in [0.1, 0.15) is 5.82 Å². The van der Waals surface area contributed by atoms with Crippen molar-refractivity contribution in [2.45, 2.75) is 33.1 Å². The topological polar surface area (TPSA) is 54.2 Å². The average molecular weight is 286 g/mol. The molecule has 4 heteroatoms. The van der Waals surface area contributed by atoms with Gasteiger partial charge in [0, 0.05) is 13.1 Å². The molecule has 2 heterocycles. The monoisotopic (exact) mass is 286 g/mol. The van der Waals surface area contributed by atoms with E-state index in [9.17, 15) is 0 Å². The first-order valence-corrected chi connectivity index (χ1v) is 7.65. The molecule has 114 valence electrons. The molecule has 3 N–H and O–H groups in total. The number of nitrogens with one attached hydrogen (secondary N) is 1.